The first-order valence-electron chi connectivity index (χ1n) is 9.68. The molecule has 0 spiro atoms. The van der Waals surface area contributed by atoms with Crippen molar-refractivity contribution in [3.63, 3.8) is 0 Å². The smallest absolute Gasteiger partial charge is 0.225 e. The molecule has 7 nitrogen and oxygen atoms in total. The van der Waals surface area contributed by atoms with Gasteiger partial charge in [0.2, 0.25) is 5.95 Å². The summed E-state index contributed by atoms with van der Waals surface area (Å²) in [7, 11) is 1.80. The molecule has 1 aliphatic heterocycles. The third kappa shape index (κ3) is 7.60. The highest BCUT2D eigenvalue weighted by Gasteiger charge is 2.18. The van der Waals surface area contributed by atoms with Gasteiger partial charge in [-0.15, -0.1) is 24.0 Å². The van der Waals surface area contributed by atoms with Crippen molar-refractivity contribution in [1.82, 2.24) is 25.5 Å². The average Bonchev–Trinajstić information content (AvgIpc) is 2.75. The first-order valence-corrected chi connectivity index (χ1v) is 10.1. The first-order chi connectivity index (χ1) is 13.8. The van der Waals surface area contributed by atoms with Crippen LogP contribution in [0.25, 0.3) is 0 Å². The van der Waals surface area contributed by atoms with Crippen LogP contribution in [0.2, 0.25) is 5.02 Å². The quantitative estimate of drug-likeness (QED) is 0.326. The lowest BCUT2D eigenvalue weighted by molar-refractivity contribution is 0.260. The highest BCUT2D eigenvalue weighted by molar-refractivity contribution is 14.0. The maximum Gasteiger partial charge on any atom is 0.225 e. The number of anilines is 1. The molecule has 1 aliphatic rings. The van der Waals surface area contributed by atoms with Gasteiger partial charge < -0.3 is 15.5 Å². The molecule has 1 fully saturated rings. The van der Waals surface area contributed by atoms with Gasteiger partial charge >= 0.3 is 0 Å². The second-order valence-electron chi connectivity index (χ2n) is 6.64. The maximum absolute atomic E-state index is 6.20. The Morgan fingerprint density at radius 3 is 2.41 bits per heavy atom. The Labute approximate surface area is 195 Å². The lowest BCUT2D eigenvalue weighted by Crippen LogP contribution is -2.49. The van der Waals surface area contributed by atoms with Crippen molar-refractivity contribution in [1.29, 1.82) is 0 Å². The minimum absolute atomic E-state index is 0. The van der Waals surface area contributed by atoms with Crippen LogP contribution in [0.15, 0.2) is 47.7 Å². The van der Waals surface area contributed by atoms with E-state index < -0.39 is 0 Å². The Kier molecular flexibility index (Phi) is 10.4. The van der Waals surface area contributed by atoms with Crippen LogP contribution in [0, 0.1) is 0 Å². The van der Waals surface area contributed by atoms with E-state index in [1.54, 1.807) is 19.4 Å². The van der Waals surface area contributed by atoms with Crippen molar-refractivity contribution in [2.45, 2.75) is 6.42 Å². The Morgan fingerprint density at radius 2 is 1.72 bits per heavy atom. The minimum atomic E-state index is 0. The van der Waals surface area contributed by atoms with Crippen LogP contribution in [0.1, 0.15) is 5.56 Å². The average molecular weight is 530 g/mol. The molecule has 29 heavy (non-hydrogen) atoms. The van der Waals surface area contributed by atoms with Crippen LogP contribution < -0.4 is 15.5 Å². The SMILES string of the molecule is CN=C(NCCc1ccccc1Cl)NCCN1CCN(c2ncccn2)CC1.I. The lowest BCUT2D eigenvalue weighted by atomic mass is 10.1. The van der Waals surface area contributed by atoms with E-state index in [1.807, 2.05) is 24.3 Å². The molecule has 0 unspecified atom stereocenters. The molecule has 2 aromatic rings. The van der Waals surface area contributed by atoms with Crippen LogP contribution in [0.3, 0.4) is 0 Å². The van der Waals surface area contributed by atoms with Crippen molar-refractivity contribution in [2.24, 2.45) is 4.99 Å². The van der Waals surface area contributed by atoms with E-state index in [1.165, 1.54) is 0 Å². The van der Waals surface area contributed by atoms with E-state index in [2.05, 4.69) is 41.5 Å². The maximum atomic E-state index is 6.20. The number of rotatable bonds is 7. The molecule has 158 valence electrons. The van der Waals surface area contributed by atoms with Gasteiger partial charge in [-0.3, -0.25) is 9.89 Å². The Morgan fingerprint density at radius 1 is 1.03 bits per heavy atom. The molecule has 0 radical (unpaired) electrons. The van der Waals surface area contributed by atoms with E-state index in [4.69, 9.17) is 11.6 Å². The number of nitrogens with zero attached hydrogens (tertiary/aromatic N) is 5. The number of aliphatic imine (C=N–C) groups is 1. The lowest BCUT2D eigenvalue weighted by Gasteiger charge is -2.34. The van der Waals surface area contributed by atoms with Gasteiger partial charge in [-0.1, -0.05) is 29.8 Å². The molecule has 3 rings (SSSR count). The molecule has 2 N–H and O–H groups in total. The Hall–Kier alpha value is -1.65. The Balaban J connectivity index is 0.00000300. The molecule has 0 amide bonds. The fourth-order valence-corrected chi connectivity index (χ4v) is 3.43. The summed E-state index contributed by atoms with van der Waals surface area (Å²) in [5.41, 5.74) is 1.15. The fourth-order valence-electron chi connectivity index (χ4n) is 3.20. The molecule has 1 aromatic carbocycles. The number of halogens is 2. The number of hydrogen-bond donors (Lipinski definition) is 2. The third-order valence-electron chi connectivity index (χ3n) is 4.80. The molecule has 1 aromatic heterocycles. The van der Waals surface area contributed by atoms with Gasteiger partial charge in [0, 0.05) is 70.3 Å². The van der Waals surface area contributed by atoms with Gasteiger partial charge in [-0.2, -0.15) is 0 Å². The predicted octanol–water partition coefficient (Wildman–Crippen LogP) is 2.28. The summed E-state index contributed by atoms with van der Waals surface area (Å²) in [6.45, 7) is 6.56. The highest BCUT2D eigenvalue weighted by Crippen LogP contribution is 2.14. The summed E-state index contributed by atoms with van der Waals surface area (Å²) in [5.74, 6) is 1.65. The van der Waals surface area contributed by atoms with E-state index in [-0.39, 0.29) is 24.0 Å². The van der Waals surface area contributed by atoms with Crippen LogP contribution in [-0.4, -0.2) is 73.7 Å². The normalized spacial score (nSPS) is 15.0. The fraction of sp³-hybridized carbons (Fsp3) is 0.450. The second-order valence-corrected chi connectivity index (χ2v) is 7.05. The van der Waals surface area contributed by atoms with E-state index in [0.29, 0.717) is 0 Å². The zero-order valence-corrected chi connectivity index (χ0v) is 19.8. The minimum Gasteiger partial charge on any atom is -0.356 e. The summed E-state index contributed by atoms with van der Waals surface area (Å²) < 4.78 is 0. The van der Waals surface area contributed by atoms with Crippen molar-refractivity contribution in [3.05, 3.63) is 53.3 Å². The molecule has 0 aliphatic carbocycles. The molecule has 9 heteroatoms. The summed E-state index contributed by atoms with van der Waals surface area (Å²) in [4.78, 5) is 17.6. The van der Waals surface area contributed by atoms with Gasteiger partial charge in [-0.25, -0.2) is 9.97 Å². The molecule has 0 atom stereocenters. The van der Waals surface area contributed by atoms with Gasteiger partial charge in [0.15, 0.2) is 5.96 Å². The van der Waals surface area contributed by atoms with Gasteiger partial charge in [0.05, 0.1) is 0 Å². The summed E-state index contributed by atoms with van der Waals surface area (Å²) in [6, 6.07) is 9.79. The molecule has 2 heterocycles. The predicted molar refractivity (Wildman–Crippen MR) is 131 cm³/mol. The van der Waals surface area contributed by atoms with E-state index in [9.17, 15) is 0 Å². The number of benzene rings is 1. The molecular formula is C20H29ClIN7. The number of aromatic nitrogens is 2. The molecule has 0 bridgehead atoms. The van der Waals surface area contributed by atoms with Gasteiger partial charge in [0.25, 0.3) is 0 Å². The summed E-state index contributed by atoms with van der Waals surface area (Å²) in [5, 5.41) is 7.55. The van der Waals surface area contributed by atoms with Crippen LogP contribution in [0.4, 0.5) is 5.95 Å². The first kappa shape index (κ1) is 23.6. The molecular weight excluding hydrogens is 501 g/mol. The topological polar surface area (TPSA) is 68.7 Å². The largest absolute Gasteiger partial charge is 0.356 e. The van der Waals surface area contributed by atoms with Crippen LogP contribution >= 0.6 is 35.6 Å². The Bertz CT molecular complexity index is 752. The molecule has 1 saturated heterocycles. The number of guanidine groups is 1. The van der Waals surface area contributed by atoms with Gasteiger partial charge in [-0.05, 0) is 24.1 Å². The van der Waals surface area contributed by atoms with Crippen molar-refractivity contribution in [2.75, 3.05) is 57.8 Å². The highest BCUT2D eigenvalue weighted by atomic mass is 127. The van der Waals surface area contributed by atoms with Crippen LogP contribution in [0.5, 0.6) is 0 Å². The van der Waals surface area contributed by atoms with Crippen LogP contribution in [-0.2, 0) is 6.42 Å². The zero-order valence-electron chi connectivity index (χ0n) is 16.7. The van der Waals surface area contributed by atoms with Crippen molar-refractivity contribution < 1.29 is 0 Å². The number of hydrogen-bond acceptors (Lipinski definition) is 5. The monoisotopic (exact) mass is 529 g/mol. The third-order valence-corrected chi connectivity index (χ3v) is 5.16. The van der Waals surface area contributed by atoms with Gasteiger partial charge in [0.1, 0.15) is 0 Å². The number of piperazine rings is 1. The second kappa shape index (κ2) is 12.8. The van der Waals surface area contributed by atoms with E-state index in [0.717, 1.165) is 74.7 Å². The zero-order chi connectivity index (χ0) is 19.6. The number of nitrogens with one attached hydrogen (secondary N) is 2. The molecule has 0 saturated carbocycles. The summed E-state index contributed by atoms with van der Waals surface area (Å²) in [6.07, 6.45) is 4.45. The van der Waals surface area contributed by atoms with E-state index >= 15 is 0 Å². The summed E-state index contributed by atoms with van der Waals surface area (Å²) >= 11 is 6.20. The van der Waals surface area contributed by atoms with Crippen molar-refractivity contribution >= 4 is 47.5 Å². The van der Waals surface area contributed by atoms with Crippen molar-refractivity contribution in [3.8, 4) is 0 Å². The standard InChI is InChI=1S/C20H28ClN7.HI/c1-22-19(23-10-7-17-5-2-3-6-18(17)21)24-11-12-27-13-15-28(16-14-27)20-25-8-4-9-26-20;/h2-6,8-9H,7,10-16H2,1H3,(H2,22,23,24);1H.